The predicted octanol–water partition coefficient (Wildman–Crippen LogP) is 3.41. The summed E-state index contributed by atoms with van der Waals surface area (Å²) < 4.78 is 30.6. The lowest BCUT2D eigenvalue weighted by molar-refractivity contribution is -0.0346. The molecule has 3 rings (SSSR count). The highest BCUT2D eigenvalue weighted by molar-refractivity contribution is 6.31. The van der Waals surface area contributed by atoms with Gasteiger partial charge in [0.15, 0.2) is 5.76 Å². The first-order valence-electron chi connectivity index (χ1n) is 9.15. The molecule has 1 amide bonds. The van der Waals surface area contributed by atoms with Gasteiger partial charge < -0.3 is 19.2 Å². The summed E-state index contributed by atoms with van der Waals surface area (Å²) in [5.41, 5.74) is 0.373. The number of ether oxygens (including phenoxy) is 2. The van der Waals surface area contributed by atoms with Crippen LogP contribution in [0.2, 0.25) is 5.02 Å². The van der Waals surface area contributed by atoms with Crippen LogP contribution in [0.15, 0.2) is 34.7 Å². The van der Waals surface area contributed by atoms with Gasteiger partial charge in [-0.1, -0.05) is 17.7 Å². The van der Waals surface area contributed by atoms with E-state index in [4.69, 9.17) is 25.5 Å². The molecule has 1 saturated heterocycles. The van der Waals surface area contributed by atoms with Crippen molar-refractivity contribution in [2.75, 3.05) is 33.4 Å². The highest BCUT2D eigenvalue weighted by Crippen LogP contribution is 2.31. The Bertz CT molecular complexity index is 793. The average molecular weight is 411 g/mol. The first kappa shape index (κ1) is 20.8. The van der Waals surface area contributed by atoms with Gasteiger partial charge >= 0.3 is 0 Å². The number of rotatable bonds is 7. The third-order valence-electron chi connectivity index (χ3n) is 4.67. The van der Waals surface area contributed by atoms with Gasteiger partial charge in [-0.15, -0.1) is 0 Å². The molecule has 2 heterocycles. The summed E-state index contributed by atoms with van der Waals surface area (Å²) in [5, 5.41) is 3.17. The number of methoxy groups -OCH3 is 1. The van der Waals surface area contributed by atoms with Crippen LogP contribution in [-0.2, 0) is 16.1 Å². The van der Waals surface area contributed by atoms with Crippen molar-refractivity contribution in [1.29, 1.82) is 0 Å². The molecule has 1 N–H and O–H groups in total. The molecule has 0 bridgehead atoms. The van der Waals surface area contributed by atoms with Gasteiger partial charge in [-0.3, -0.25) is 9.69 Å². The van der Waals surface area contributed by atoms with Crippen LogP contribution in [0.5, 0.6) is 0 Å². The maximum absolute atomic E-state index is 14.6. The Morgan fingerprint density at radius 3 is 2.96 bits per heavy atom. The summed E-state index contributed by atoms with van der Waals surface area (Å²) in [6.07, 6.45) is 0.0131. The van der Waals surface area contributed by atoms with Crippen molar-refractivity contribution < 1.29 is 23.1 Å². The normalized spacial score (nSPS) is 18.8. The Hall–Kier alpha value is -1.93. The number of amides is 1. The van der Waals surface area contributed by atoms with Crippen molar-refractivity contribution in [3.05, 3.63) is 58.3 Å². The second kappa shape index (κ2) is 9.52. The summed E-state index contributed by atoms with van der Waals surface area (Å²) in [4.78, 5) is 14.6. The Morgan fingerprint density at radius 1 is 1.43 bits per heavy atom. The largest absolute Gasteiger partial charge is 0.453 e. The van der Waals surface area contributed by atoms with Crippen LogP contribution in [0.1, 0.15) is 34.8 Å². The average Bonchev–Trinajstić information content (AvgIpc) is 3.13. The summed E-state index contributed by atoms with van der Waals surface area (Å²) in [5.74, 6) is -0.0310. The van der Waals surface area contributed by atoms with Crippen LogP contribution in [0.25, 0.3) is 0 Å². The zero-order chi connectivity index (χ0) is 20.1. The van der Waals surface area contributed by atoms with E-state index in [2.05, 4.69) is 10.2 Å². The van der Waals surface area contributed by atoms with E-state index in [1.807, 2.05) is 6.92 Å². The van der Waals surface area contributed by atoms with Crippen LogP contribution in [0, 0.1) is 5.82 Å². The van der Waals surface area contributed by atoms with Crippen LogP contribution in [0.4, 0.5) is 4.39 Å². The van der Waals surface area contributed by atoms with E-state index < -0.39 is 11.9 Å². The first-order chi connectivity index (χ1) is 13.5. The van der Waals surface area contributed by atoms with Crippen molar-refractivity contribution in [3.63, 3.8) is 0 Å². The van der Waals surface area contributed by atoms with Crippen LogP contribution in [0.3, 0.4) is 0 Å². The Morgan fingerprint density at radius 2 is 2.25 bits per heavy atom. The van der Waals surface area contributed by atoms with Crippen LogP contribution < -0.4 is 5.32 Å². The molecule has 0 radical (unpaired) electrons. The number of benzene rings is 1. The number of nitrogens with zero attached hydrogens (tertiary/aromatic N) is 1. The second-order valence-electron chi connectivity index (χ2n) is 6.74. The maximum Gasteiger partial charge on any atom is 0.287 e. The lowest BCUT2D eigenvalue weighted by atomic mass is 10.0. The molecule has 0 aliphatic carbocycles. The predicted molar refractivity (Wildman–Crippen MR) is 103 cm³/mol. The van der Waals surface area contributed by atoms with Crippen molar-refractivity contribution in [2.45, 2.75) is 25.7 Å². The molecule has 1 aliphatic rings. The molecule has 8 heteroatoms. The van der Waals surface area contributed by atoms with Gasteiger partial charge in [0, 0.05) is 37.3 Å². The number of carbonyl (C=O) groups excluding carboxylic acids is 1. The highest BCUT2D eigenvalue weighted by Gasteiger charge is 2.29. The number of morpholine rings is 1. The highest BCUT2D eigenvalue weighted by atomic mass is 35.5. The monoisotopic (exact) mass is 410 g/mol. The molecule has 1 aromatic heterocycles. The molecule has 0 saturated carbocycles. The smallest absolute Gasteiger partial charge is 0.287 e. The van der Waals surface area contributed by atoms with E-state index in [9.17, 15) is 9.18 Å². The molecule has 28 heavy (non-hydrogen) atoms. The van der Waals surface area contributed by atoms with E-state index in [0.717, 1.165) is 0 Å². The summed E-state index contributed by atoms with van der Waals surface area (Å²) in [7, 11) is 1.55. The minimum Gasteiger partial charge on any atom is -0.453 e. The molecule has 1 aliphatic heterocycles. The molecular weight excluding hydrogens is 387 g/mol. The van der Waals surface area contributed by atoms with Crippen LogP contribution >= 0.6 is 11.6 Å². The molecule has 2 unspecified atom stereocenters. The number of hydrogen-bond donors (Lipinski definition) is 1. The SMILES string of the molecule is COCc1ccc(C(=O)NCC(c2c(F)cccc2Cl)N2CCOC(C)C2)o1. The molecule has 0 spiro atoms. The van der Waals surface area contributed by atoms with Gasteiger partial charge in [-0.05, 0) is 31.2 Å². The molecule has 2 atom stereocenters. The quantitative estimate of drug-likeness (QED) is 0.757. The van der Waals surface area contributed by atoms with E-state index >= 15 is 0 Å². The zero-order valence-electron chi connectivity index (χ0n) is 15.9. The number of furan rings is 1. The molecule has 1 fully saturated rings. The number of halogens is 2. The summed E-state index contributed by atoms with van der Waals surface area (Å²) in [6, 6.07) is 7.46. The Balaban J connectivity index is 1.78. The summed E-state index contributed by atoms with van der Waals surface area (Å²) in [6.45, 7) is 4.21. The molecule has 2 aromatic rings. The van der Waals surface area contributed by atoms with E-state index in [0.29, 0.717) is 36.0 Å². The maximum atomic E-state index is 14.6. The Labute approximate surface area is 168 Å². The van der Waals surface area contributed by atoms with E-state index in [-0.39, 0.29) is 30.9 Å². The number of nitrogens with one attached hydrogen (secondary N) is 1. The fourth-order valence-corrected chi connectivity index (χ4v) is 3.66. The van der Waals surface area contributed by atoms with Gasteiger partial charge in [0.1, 0.15) is 18.2 Å². The Kier molecular flexibility index (Phi) is 7.07. The fraction of sp³-hybridized carbons (Fsp3) is 0.450. The zero-order valence-corrected chi connectivity index (χ0v) is 16.7. The first-order valence-corrected chi connectivity index (χ1v) is 9.52. The number of hydrogen-bond acceptors (Lipinski definition) is 5. The minimum absolute atomic E-state index is 0.0131. The molecule has 6 nitrogen and oxygen atoms in total. The van der Waals surface area contributed by atoms with Gasteiger partial charge in [0.2, 0.25) is 0 Å². The van der Waals surface area contributed by atoms with Crippen molar-refractivity contribution in [3.8, 4) is 0 Å². The van der Waals surface area contributed by atoms with E-state index in [1.165, 1.54) is 6.07 Å². The van der Waals surface area contributed by atoms with Crippen molar-refractivity contribution in [1.82, 2.24) is 10.2 Å². The molecule has 1 aromatic carbocycles. The van der Waals surface area contributed by atoms with Gasteiger partial charge in [-0.2, -0.15) is 0 Å². The van der Waals surface area contributed by atoms with Gasteiger partial charge in [0.25, 0.3) is 5.91 Å². The van der Waals surface area contributed by atoms with E-state index in [1.54, 1.807) is 31.4 Å². The third-order valence-corrected chi connectivity index (χ3v) is 5.00. The third kappa shape index (κ3) is 4.91. The second-order valence-corrected chi connectivity index (χ2v) is 7.14. The molecular formula is C20H24ClFN2O4. The topological polar surface area (TPSA) is 63.9 Å². The molecule has 152 valence electrons. The summed E-state index contributed by atoms with van der Waals surface area (Å²) >= 11 is 6.31. The number of carbonyl (C=O) groups is 1. The lowest BCUT2D eigenvalue weighted by Gasteiger charge is -2.38. The van der Waals surface area contributed by atoms with Crippen molar-refractivity contribution >= 4 is 17.5 Å². The van der Waals surface area contributed by atoms with Gasteiger partial charge in [0.05, 0.1) is 18.8 Å². The minimum atomic E-state index is -0.419. The standard InChI is InChI=1S/C20H24ClFN2O4/c1-13-11-24(8-9-27-13)17(19-15(21)4-3-5-16(19)22)10-23-20(25)18-7-6-14(28-18)12-26-2/h3-7,13,17H,8-12H2,1-2H3,(H,23,25). The lowest BCUT2D eigenvalue weighted by Crippen LogP contribution is -2.46. The van der Waals surface area contributed by atoms with Crippen molar-refractivity contribution in [2.24, 2.45) is 0 Å². The fourth-order valence-electron chi connectivity index (χ4n) is 3.37. The van der Waals surface area contributed by atoms with Gasteiger partial charge in [-0.25, -0.2) is 4.39 Å². The van der Waals surface area contributed by atoms with Crippen LogP contribution in [-0.4, -0.2) is 50.3 Å².